The van der Waals surface area contributed by atoms with Gasteiger partial charge in [-0.1, -0.05) is 6.92 Å². The molecule has 0 saturated carbocycles. The van der Waals surface area contributed by atoms with Crippen LogP contribution < -0.4 is 0 Å². The first-order valence-electron chi connectivity index (χ1n) is 3.34. The molecule has 0 heterocycles. The summed E-state index contributed by atoms with van der Waals surface area (Å²) >= 11 is 0. The molecule has 0 atom stereocenters. The maximum Gasteiger partial charge on any atom is 0.188 e. The second-order valence-corrected chi connectivity index (χ2v) is 4.15. The lowest BCUT2D eigenvalue weighted by atomic mass is 10.4. The molecule has 0 aromatic carbocycles. The molecule has 68 valence electrons. The maximum absolute atomic E-state index is 11.0. The van der Waals surface area contributed by atoms with Crippen LogP contribution in [-0.4, -0.2) is 21.8 Å². The van der Waals surface area contributed by atoms with Crippen LogP contribution in [0.15, 0.2) is 10.7 Å². The number of allylic oxidation sites excluding steroid dienone is 2. The van der Waals surface area contributed by atoms with Gasteiger partial charge in [0, 0.05) is 12.7 Å². The fourth-order valence-corrected chi connectivity index (χ4v) is 1.56. The fraction of sp³-hybridized carbons (Fsp3) is 0.571. The van der Waals surface area contributed by atoms with Crippen LogP contribution in [0.3, 0.4) is 0 Å². The zero-order valence-corrected chi connectivity index (χ0v) is 8.10. The Kier molecular flexibility index (Phi) is 3.77. The Bertz CT molecular complexity index is 315. The minimum Gasteiger partial charge on any atom is -0.499 e. The number of sulfone groups is 1. The van der Waals surface area contributed by atoms with Gasteiger partial charge in [-0.05, 0) is 0 Å². The van der Waals surface area contributed by atoms with Gasteiger partial charge in [0.1, 0.15) is 11.8 Å². The van der Waals surface area contributed by atoms with E-state index in [1.165, 1.54) is 7.11 Å². The predicted molar refractivity (Wildman–Crippen MR) is 44.8 cm³/mol. The first-order valence-corrected chi connectivity index (χ1v) is 5.23. The third kappa shape index (κ3) is 2.55. The number of methoxy groups -OCH3 is 1. The van der Waals surface area contributed by atoms with Gasteiger partial charge >= 0.3 is 0 Å². The quantitative estimate of drug-likeness (QED) is 0.487. The molecule has 0 amide bonds. The zero-order chi connectivity index (χ0) is 9.78. The van der Waals surface area contributed by atoms with E-state index >= 15 is 0 Å². The SMILES string of the molecule is CCC(OC)=C(C#N)S(C)(=O)=O. The van der Waals surface area contributed by atoms with Gasteiger partial charge in [0.25, 0.3) is 0 Å². The highest BCUT2D eigenvalue weighted by atomic mass is 32.2. The molecule has 0 N–H and O–H groups in total. The molecule has 0 aromatic heterocycles. The lowest BCUT2D eigenvalue weighted by Gasteiger charge is -2.04. The minimum atomic E-state index is -3.44. The zero-order valence-electron chi connectivity index (χ0n) is 7.29. The summed E-state index contributed by atoms with van der Waals surface area (Å²) in [5, 5.41) is 8.53. The molecule has 0 unspecified atom stereocenters. The molecule has 0 spiro atoms. The van der Waals surface area contributed by atoms with E-state index in [1.807, 2.05) is 0 Å². The van der Waals surface area contributed by atoms with Crippen LogP contribution in [0.2, 0.25) is 0 Å². The molecule has 0 aromatic rings. The molecule has 0 aliphatic heterocycles. The van der Waals surface area contributed by atoms with E-state index in [0.717, 1.165) is 6.26 Å². The van der Waals surface area contributed by atoms with Gasteiger partial charge in [0.15, 0.2) is 14.7 Å². The van der Waals surface area contributed by atoms with Crippen LogP contribution in [0.5, 0.6) is 0 Å². The molecule has 0 aliphatic rings. The number of nitrogens with zero attached hydrogens (tertiary/aromatic N) is 1. The molecule has 4 nitrogen and oxygen atoms in total. The van der Waals surface area contributed by atoms with Crippen LogP contribution in [0.1, 0.15) is 13.3 Å². The van der Waals surface area contributed by atoms with Crippen molar-refractivity contribution in [2.75, 3.05) is 13.4 Å². The third-order valence-corrected chi connectivity index (χ3v) is 2.35. The molecule has 0 radical (unpaired) electrons. The Labute approximate surface area is 72.4 Å². The second-order valence-electron chi connectivity index (χ2n) is 2.19. The average Bonchev–Trinajstić information content (AvgIpc) is 1.97. The largest absolute Gasteiger partial charge is 0.499 e. The Morgan fingerprint density at radius 3 is 2.17 bits per heavy atom. The summed E-state index contributed by atoms with van der Waals surface area (Å²) in [6, 6.07) is 1.61. The van der Waals surface area contributed by atoms with E-state index in [4.69, 9.17) is 10.00 Å². The summed E-state index contributed by atoms with van der Waals surface area (Å²) in [4.78, 5) is -0.285. The number of hydrogen-bond acceptors (Lipinski definition) is 4. The van der Waals surface area contributed by atoms with Gasteiger partial charge in [0.2, 0.25) is 0 Å². The van der Waals surface area contributed by atoms with E-state index < -0.39 is 9.84 Å². The monoisotopic (exact) mass is 189 g/mol. The van der Waals surface area contributed by atoms with Crippen LogP contribution in [-0.2, 0) is 14.6 Å². The molecule has 5 heteroatoms. The average molecular weight is 189 g/mol. The van der Waals surface area contributed by atoms with Crippen molar-refractivity contribution in [1.82, 2.24) is 0 Å². The van der Waals surface area contributed by atoms with Gasteiger partial charge < -0.3 is 4.74 Å². The third-order valence-electron chi connectivity index (χ3n) is 1.29. The molecule has 0 bridgehead atoms. The Morgan fingerprint density at radius 2 is 2.08 bits per heavy atom. The van der Waals surface area contributed by atoms with Crippen LogP contribution in [0, 0.1) is 11.3 Å². The lowest BCUT2D eigenvalue weighted by molar-refractivity contribution is 0.279. The van der Waals surface area contributed by atoms with E-state index in [2.05, 4.69) is 0 Å². The van der Waals surface area contributed by atoms with Crippen molar-refractivity contribution in [3.63, 3.8) is 0 Å². The topological polar surface area (TPSA) is 67.2 Å². The summed E-state index contributed by atoms with van der Waals surface area (Å²) in [5.74, 6) is 0.208. The van der Waals surface area contributed by atoms with Crippen molar-refractivity contribution in [3.05, 3.63) is 10.7 Å². The summed E-state index contributed by atoms with van der Waals surface area (Å²) in [7, 11) is -2.10. The lowest BCUT2D eigenvalue weighted by Crippen LogP contribution is -2.04. The molecular formula is C7H11NO3S. The van der Waals surface area contributed by atoms with Crippen molar-refractivity contribution in [2.45, 2.75) is 13.3 Å². The highest BCUT2D eigenvalue weighted by molar-refractivity contribution is 7.94. The predicted octanol–water partition coefficient (Wildman–Crippen LogP) is 0.823. The van der Waals surface area contributed by atoms with E-state index in [9.17, 15) is 8.42 Å². The maximum atomic E-state index is 11.0. The number of rotatable bonds is 3. The van der Waals surface area contributed by atoms with Crippen LogP contribution in [0.4, 0.5) is 0 Å². The van der Waals surface area contributed by atoms with E-state index in [-0.39, 0.29) is 10.7 Å². The molecule has 12 heavy (non-hydrogen) atoms. The van der Waals surface area contributed by atoms with Gasteiger partial charge in [-0.15, -0.1) is 0 Å². The normalized spacial score (nSPS) is 13.2. The van der Waals surface area contributed by atoms with Gasteiger partial charge in [-0.3, -0.25) is 0 Å². The Balaban J connectivity index is 5.31. The minimum absolute atomic E-state index is 0.208. The van der Waals surface area contributed by atoms with Crippen LogP contribution in [0.25, 0.3) is 0 Å². The first kappa shape index (κ1) is 11.0. The standard InChI is InChI=1S/C7H11NO3S/c1-4-6(11-2)7(5-8)12(3,9)10/h4H2,1-3H3. The highest BCUT2D eigenvalue weighted by Crippen LogP contribution is 2.13. The highest BCUT2D eigenvalue weighted by Gasteiger charge is 2.16. The van der Waals surface area contributed by atoms with Crippen molar-refractivity contribution in [3.8, 4) is 6.07 Å². The molecular weight excluding hydrogens is 178 g/mol. The second kappa shape index (κ2) is 4.12. The number of hydrogen-bond donors (Lipinski definition) is 0. The summed E-state index contributed by atoms with van der Waals surface area (Å²) in [5.41, 5.74) is 0. The van der Waals surface area contributed by atoms with Crippen molar-refractivity contribution in [1.29, 1.82) is 5.26 Å². The van der Waals surface area contributed by atoms with Crippen molar-refractivity contribution >= 4 is 9.84 Å². The fourth-order valence-electron chi connectivity index (χ4n) is 0.750. The first-order chi connectivity index (χ1) is 5.47. The van der Waals surface area contributed by atoms with Gasteiger partial charge in [-0.2, -0.15) is 5.26 Å². The summed E-state index contributed by atoms with van der Waals surface area (Å²) < 4.78 is 26.7. The number of nitriles is 1. The number of ether oxygens (including phenoxy) is 1. The molecule has 0 aliphatic carbocycles. The molecule has 0 fully saturated rings. The van der Waals surface area contributed by atoms with E-state index in [1.54, 1.807) is 13.0 Å². The summed E-state index contributed by atoms with van der Waals surface area (Å²) in [6.07, 6.45) is 1.38. The van der Waals surface area contributed by atoms with Crippen molar-refractivity contribution < 1.29 is 13.2 Å². The van der Waals surface area contributed by atoms with Crippen LogP contribution >= 0.6 is 0 Å². The Morgan fingerprint density at radius 1 is 1.58 bits per heavy atom. The molecule has 0 rings (SSSR count). The molecule has 0 saturated heterocycles. The van der Waals surface area contributed by atoms with Gasteiger partial charge in [-0.25, -0.2) is 8.42 Å². The Hall–Kier alpha value is -1.02. The summed E-state index contributed by atoms with van der Waals surface area (Å²) in [6.45, 7) is 1.72. The van der Waals surface area contributed by atoms with E-state index in [0.29, 0.717) is 6.42 Å². The van der Waals surface area contributed by atoms with Crippen molar-refractivity contribution in [2.24, 2.45) is 0 Å². The van der Waals surface area contributed by atoms with Gasteiger partial charge in [0.05, 0.1) is 7.11 Å². The smallest absolute Gasteiger partial charge is 0.188 e.